The molecule has 1 amide bonds. The minimum Gasteiger partial charge on any atom is -0.497 e. The van der Waals surface area contributed by atoms with Gasteiger partial charge in [-0.1, -0.05) is 12.1 Å². The van der Waals surface area contributed by atoms with E-state index in [1.807, 2.05) is 12.1 Å². The molecular formula is C16H16N4O3S. The molecule has 0 saturated carbocycles. The van der Waals surface area contributed by atoms with Crippen molar-refractivity contribution >= 4 is 29.1 Å². The highest BCUT2D eigenvalue weighted by molar-refractivity contribution is 8.04. The molecule has 3 rings (SSSR count). The van der Waals surface area contributed by atoms with Crippen LogP contribution >= 0.6 is 11.8 Å². The lowest BCUT2D eigenvalue weighted by Crippen LogP contribution is -2.41. The van der Waals surface area contributed by atoms with Gasteiger partial charge in [-0.2, -0.15) is 0 Å². The number of nitrogens with zero attached hydrogens (tertiary/aromatic N) is 4. The number of hydrogen-bond donors (Lipinski definition) is 0. The van der Waals surface area contributed by atoms with E-state index in [0.717, 1.165) is 0 Å². The SMILES string of the molecule is COc1cccc(C2=C(C(C)=O)Sc3nnc(C)n3N2C(C)=O)c1. The van der Waals surface area contributed by atoms with Gasteiger partial charge in [-0.3, -0.25) is 9.59 Å². The minimum absolute atomic E-state index is 0.143. The number of hydrogen-bond acceptors (Lipinski definition) is 6. The van der Waals surface area contributed by atoms with Gasteiger partial charge in [0.25, 0.3) is 0 Å². The van der Waals surface area contributed by atoms with Crippen LogP contribution in [-0.2, 0) is 9.59 Å². The summed E-state index contributed by atoms with van der Waals surface area (Å²) in [6.07, 6.45) is 0. The van der Waals surface area contributed by atoms with Gasteiger partial charge in [0.05, 0.1) is 17.7 Å². The van der Waals surface area contributed by atoms with Crippen molar-refractivity contribution in [1.29, 1.82) is 0 Å². The van der Waals surface area contributed by atoms with Crippen molar-refractivity contribution in [1.82, 2.24) is 14.9 Å². The lowest BCUT2D eigenvalue weighted by atomic mass is 10.1. The first-order valence-corrected chi connectivity index (χ1v) is 8.06. The standard InChI is InChI=1S/C16H16N4O3S/c1-9(21)15-14(12-6-5-7-13(8-12)23-4)20(11(3)22)19-10(2)17-18-16(19)24-15/h5-8H,1-4H3. The molecular weight excluding hydrogens is 328 g/mol. The third-order valence-electron chi connectivity index (χ3n) is 3.55. The Balaban J connectivity index is 2.29. The number of amides is 1. The number of allylic oxidation sites excluding steroid dienone is 1. The molecule has 0 radical (unpaired) electrons. The zero-order valence-electron chi connectivity index (χ0n) is 13.7. The maximum Gasteiger partial charge on any atom is 0.243 e. The Hall–Kier alpha value is -2.61. The molecule has 1 aromatic heterocycles. The van der Waals surface area contributed by atoms with Crippen molar-refractivity contribution in [2.45, 2.75) is 25.9 Å². The van der Waals surface area contributed by atoms with Crippen LogP contribution in [0.4, 0.5) is 0 Å². The van der Waals surface area contributed by atoms with Crippen molar-refractivity contribution in [2.24, 2.45) is 0 Å². The van der Waals surface area contributed by atoms with E-state index in [9.17, 15) is 9.59 Å². The summed E-state index contributed by atoms with van der Waals surface area (Å²) in [4.78, 5) is 25.0. The second kappa shape index (κ2) is 6.12. The molecule has 7 nitrogen and oxygen atoms in total. The highest BCUT2D eigenvalue weighted by Gasteiger charge is 2.34. The molecule has 0 bridgehead atoms. The Labute approximate surface area is 143 Å². The summed E-state index contributed by atoms with van der Waals surface area (Å²) in [5.41, 5.74) is 1.22. The zero-order chi connectivity index (χ0) is 17.4. The summed E-state index contributed by atoms with van der Waals surface area (Å²) < 4.78 is 6.89. The van der Waals surface area contributed by atoms with Crippen LogP contribution in [0.1, 0.15) is 25.2 Å². The fourth-order valence-corrected chi connectivity index (χ4v) is 3.54. The first kappa shape index (κ1) is 16.3. The van der Waals surface area contributed by atoms with E-state index in [0.29, 0.717) is 32.9 Å². The number of carbonyl (C=O) groups is 2. The summed E-state index contributed by atoms with van der Waals surface area (Å²) in [6.45, 7) is 4.67. The van der Waals surface area contributed by atoms with Crippen LogP contribution in [0, 0.1) is 6.92 Å². The summed E-state index contributed by atoms with van der Waals surface area (Å²) in [5, 5.41) is 10.00. The molecule has 124 valence electrons. The van der Waals surface area contributed by atoms with E-state index in [1.165, 1.54) is 30.6 Å². The van der Waals surface area contributed by atoms with E-state index >= 15 is 0 Å². The largest absolute Gasteiger partial charge is 0.497 e. The number of rotatable bonds is 3. The lowest BCUT2D eigenvalue weighted by Gasteiger charge is -2.32. The molecule has 2 aromatic rings. The maximum absolute atomic E-state index is 12.4. The number of aromatic nitrogens is 3. The Bertz CT molecular complexity index is 872. The summed E-state index contributed by atoms with van der Waals surface area (Å²) in [7, 11) is 1.57. The second-order valence-corrected chi connectivity index (χ2v) is 6.22. The first-order valence-electron chi connectivity index (χ1n) is 7.24. The minimum atomic E-state index is -0.240. The number of fused-ring (bicyclic) bond motifs is 1. The maximum atomic E-state index is 12.4. The van der Waals surface area contributed by atoms with E-state index in [-0.39, 0.29) is 11.7 Å². The molecule has 1 aromatic carbocycles. The van der Waals surface area contributed by atoms with Gasteiger partial charge >= 0.3 is 0 Å². The van der Waals surface area contributed by atoms with E-state index in [2.05, 4.69) is 10.2 Å². The fourth-order valence-electron chi connectivity index (χ4n) is 2.53. The number of ketones is 1. The highest BCUT2D eigenvalue weighted by Crippen LogP contribution is 2.40. The number of Topliss-reactive ketones (excluding diaryl/α,β-unsaturated/α-hetero) is 1. The summed E-state index contributed by atoms with van der Waals surface area (Å²) >= 11 is 1.21. The topological polar surface area (TPSA) is 77.3 Å². The third-order valence-corrected chi connectivity index (χ3v) is 4.67. The molecule has 8 heteroatoms. The predicted molar refractivity (Wildman–Crippen MR) is 90.1 cm³/mol. The van der Waals surface area contributed by atoms with Gasteiger partial charge in [0, 0.05) is 12.5 Å². The smallest absolute Gasteiger partial charge is 0.243 e. The molecule has 2 heterocycles. The van der Waals surface area contributed by atoms with Crippen LogP contribution in [0.15, 0.2) is 34.3 Å². The van der Waals surface area contributed by atoms with Gasteiger partial charge in [0.15, 0.2) is 11.6 Å². The number of ether oxygens (including phenoxy) is 1. The predicted octanol–water partition coefficient (Wildman–Crippen LogP) is 2.14. The third kappa shape index (κ3) is 2.58. The first-order chi connectivity index (χ1) is 11.4. The summed E-state index contributed by atoms with van der Waals surface area (Å²) in [5.74, 6) is 0.824. The van der Waals surface area contributed by atoms with Crippen LogP contribution in [0.25, 0.3) is 5.70 Å². The Kier molecular flexibility index (Phi) is 4.15. The molecule has 0 saturated heterocycles. The van der Waals surface area contributed by atoms with Gasteiger partial charge in [-0.15, -0.1) is 10.2 Å². The Morgan fingerprint density at radius 2 is 1.96 bits per heavy atom. The van der Waals surface area contributed by atoms with Gasteiger partial charge in [0.1, 0.15) is 5.75 Å². The molecule has 0 fully saturated rings. The van der Waals surface area contributed by atoms with E-state index in [4.69, 9.17) is 4.74 Å². The van der Waals surface area contributed by atoms with Crippen molar-refractivity contribution < 1.29 is 14.3 Å². The van der Waals surface area contributed by atoms with Crippen molar-refractivity contribution in [3.05, 3.63) is 40.6 Å². The molecule has 0 unspecified atom stereocenters. The van der Waals surface area contributed by atoms with Crippen LogP contribution in [0.5, 0.6) is 5.75 Å². The van der Waals surface area contributed by atoms with E-state index in [1.54, 1.807) is 30.8 Å². The molecule has 0 spiro atoms. The summed E-state index contributed by atoms with van der Waals surface area (Å²) in [6, 6.07) is 7.25. The number of benzene rings is 1. The monoisotopic (exact) mass is 344 g/mol. The zero-order valence-corrected chi connectivity index (χ0v) is 14.5. The van der Waals surface area contributed by atoms with E-state index < -0.39 is 0 Å². The molecule has 1 aliphatic rings. The van der Waals surface area contributed by atoms with Crippen molar-refractivity contribution in [2.75, 3.05) is 12.1 Å². The van der Waals surface area contributed by atoms with Crippen molar-refractivity contribution in [3.8, 4) is 5.75 Å². The average Bonchev–Trinajstić information content (AvgIpc) is 2.94. The molecule has 0 atom stereocenters. The number of aryl methyl sites for hydroxylation is 1. The Morgan fingerprint density at radius 3 is 2.58 bits per heavy atom. The van der Waals surface area contributed by atoms with Crippen LogP contribution in [0.2, 0.25) is 0 Å². The lowest BCUT2D eigenvalue weighted by molar-refractivity contribution is -0.117. The van der Waals surface area contributed by atoms with Gasteiger partial charge < -0.3 is 4.74 Å². The Morgan fingerprint density at radius 1 is 1.21 bits per heavy atom. The van der Waals surface area contributed by atoms with Gasteiger partial charge in [-0.25, -0.2) is 9.69 Å². The average molecular weight is 344 g/mol. The highest BCUT2D eigenvalue weighted by atomic mass is 32.2. The number of carbonyl (C=O) groups excluding carboxylic acids is 2. The quantitative estimate of drug-likeness (QED) is 0.849. The molecule has 24 heavy (non-hydrogen) atoms. The second-order valence-electron chi connectivity index (χ2n) is 5.24. The van der Waals surface area contributed by atoms with Gasteiger partial charge in [-0.05, 0) is 37.7 Å². The number of methoxy groups -OCH3 is 1. The van der Waals surface area contributed by atoms with Gasteiger partial charge in [0.2, 0.25) is 11.1 Å². The fraction of sp³-hybridized carbons (Fsp3) is 0.250. The molecule has 0 N–H and O–H groups in total. The molecule has 1 aliphatic heterocycles. The van der Waals surface area contributed by atoms with Crippen molar-refractivity contribution in [3.63, 3.8) is 0 Å². The van der Waals surface area contributed by atoms with Crippen LogP contribution in [-0.4, -0.2) is 33.7 Å². The normalized spacial score (nSPS) is 13.8. The number of thioether (sulfide) groups is 1. The molecule has 0 aliphatic carbocycles. The van der Waals surface area contributed by atoms with Crippen LogP contribution in [0.3, 0.4) is 0 Å². The van der Waals surface area contributed by atoms with Crippen LogP contribution < -0.4 is 9.75 Å².